The number of carbonyl (C=O) groups is 4. The second-order valence-electron chi connectivity index (χ2n) is 0.614. The van der Waals surface area contributed by atoms with Gasteiger partial charge in [0.1, 0.15) is 0 Å². The molecule has 0 rings (SSSR count). The third-order valence-electron chi connectivity index (χ3n) is 0. The number of carbonyl (C=O) groups excluding carboxylic acids is 4. The van der Waals surface area contributed by atoms with Crippen LogP contribution in [0.2, 0.25) is 0 Å². The summed E-state index contributed by atoms with van der Waals surface area (Å²) < 4.78 is 0. The first-order valence-corrected chi connectivity index (χ1v) is 11.4. The van der Waals surface area contributed by atoms with E-state index in [0.29, 0.717) is 0 Å². The van der Waals surface area contributed by atoms with Crippen LogP contribution in [-0.4, -0.2) is 25.6 Å². The zero-order chi connectivity index (χ0) is 16.2. The van der Waals surface area contributed by atoms with Crippen molar-refractivity contribution >= 4 is 62.9 Å². The van der Waals surface area contributed by atoms with Crippen molar-refractivity contribution in [3.8, 4) is 0 Å². The molecule has 0 spiro atoms. The molecule has 0 aliphatic carbocycles. The molecule has 0 atom stereocenters. The summed E-state index contributed by atoms with van der Waals surface area (Å²) in [5.74, 6) is 0. The molecule has 14 heteroatoms. The second-order valence-corrected chi connectivity index (χ2v) is 5.77. The predicted octanol–water partition coefficient (Wildman–Crippen LogP) is 3.53. The van der Waals surface area contributed by atoms with E-state index in [1.807, 2.05) is 0 Å². The molecular formula is C4H8Cl4N4O4Ti2-4. The van der Waals surface area contributed by atoms with Gasteiger partial charge in [0, 0.05) is 25.6 Å². The van der Waals surface area contributed by atoms with Gasteiger partial charge in [-0.15, -0.1) is 0 Å². The fourth-order valence-electron chi connectivity index (χ4n) is 0. The Labute approximate surface area is 138 Å². The van der Waals surface area contributed by atoms with E-state index < -0.39 is 34.1 Å². The van der Waals surface area contributed by atoms with Crippen molar-refractivity contribution in [3.63, 3.8) is 0 Å². The zero-order valence-corrected chi connectivity index (χ0v) is 14.6. The van der Waals surface area contributed by atoms with Crippen LogP contribution in [0, 0.1) is 0 Å². The van der Waals surface area contributed by atoms with Gasteiger partial charge in [0.05, 0.1) is 0 Å². The Bertz CT molecular complexity index is 114. The van der Waals surface area contributed by atoms with E-state index in [4.69, 9.17) is 79.3 Å². The van der Waals surface area contributed by atoms with E-state index in [2.05, 4.69) is 0 Å². The molecule has 18 heavy (non-hydrogen) atoms. The van der Waals surface area contributed by atoms with Gasteiger partial charge in [0.2, 0.25) is 0 Å². The maximum atomic E-state index is 8.47. The summed E-state index contributed by atoms with van der Waals surface area (Å²) in [6.07, 6.45) is 0. The van der Waals surface area contributed by atoms with Crippen molar-refractivity contribution < 1.29 is 53.2 Å². The molecule has 0 saturated heterocycles. The predicted molar refractivity (Wildman–Crippen MR) is 65.0 cm³/mol. The molecule has 8 nitrogen and oxygen atoms in total. The van der Waals surface area contributed by atoms with E-state index in [0.717, 1.165) is 0 Å². The number of nitrogens with one attached hydrogen (secondary N) is 4. The molecule has 0 radical (unpaired) electrons. The van der Waals surface area contributed by atoms with Gasteiger partial charge in [-0.25, -0.2) is 0 Å². The average Bonchev–Trinajstić information content (AvgIpc) is 2.23. The molecule has 0 aliphatic heterocycles. The zero-order valence-electron chi connectivity index (χ0n) is 8.45. The summed E-state index contributed by atoms with van der Waals surface area (Å²) in [5.41, 5.74) is 22.1. The Morgan fingerprint density at radius 3 is 0.556 bits per heavy atom. The van der Waals surface area contributed by atoms with Crippen molar-refractivity contribution in [1.29, 1.82) is 0 Å². The second kappa shape index (κ2) is 113. The van der Waals surface area contributed by atoms with E-state index in [1.165, 1.54) is 0 Å². The Morgan fingerprint density at radius 1 is 0.556 bits per heavy atom. The molecule has 0 aliphatic rings. The largest absolute Gasteiger partial charge is 0.671 e. The van der Waals surface area contributed by atoms with Crippen LogP contribution >= 0.6 is 37.2 Å². The number of amides is 4. The van der Waals surface area contributed by atoms with Crippen molar-refractivity contribution in [1.82, 2.24) is 0 Å². The van der Waals surface area contributed by atoms with Crippen LogP contribution in [0.3, 0.4) is 0 Å². The van der Waals surface area contributed by atoms with Gasteiger partial charge in [0.25, 0.3) is 0 Å². The molecule has 0 bridgehead atoms. The van der Waals surface area contributed by atoms with Crippen LogP contribution in [-0.2, 0) is 53.2 Å². The minimum absolute atomic E-state index is 0. The minimum Gasteiger partial charge on any atom is -0.671 e. The minimum atomic E-state index is -0.556. The van der Waals surface area contributed by atoms with Crippen molar-refractivity contribution in [2.75, 3.05) is 0 Å². The van der Waals surface area contributed by atoms with Crippen LogP contribution in [0.1, 0.15) is 0 Å². The Morgan fingerprint density at radius 2 is 0.556 bits per heavy atom. The van der Waals surface area contributed by atoms with Crippen LogP contribution in [0.25, 0.3) is 22.9 Å². The summed E-state index contributed by atoms with van der Waals surface area (Å²) in [4.78, 5) is 33.9. The Kier molecular flexibility index (Phi) is 228. The third-order valence-corrected chi connectivity index (χ3v) is 0. The van der Waals surface area contributed by atoms with Gasteiger partial charge < -0.3 is 42.1 Å². The fourth-order valence-corrected chi connectivity index (χ4v) is 0. The van der Waals surface area contributed by atoms with E-state index in [-0.39, 0.29) is 25.6 Å². The van der Waals surface area contributed by atoms with Crippen LogP contribution < -0.4 is 0 Å². The topological polar surface area (TPSA) is 163 Å². The molecule has 0 saturated carbocycles. The number of hydrogen-bond donors (Lipinski definition) is 0. The molecule has 0 aromatic heterocycles. The standard InChI is InChI=1S/4CH3NO.4ClH.2Ti/c4*2-1-3;;;;;;/h4*1H,(H2,2,3);4*1H;;/q;;;;;;;;2*+2/p-8. The smallest absolute Gasteiger partial charge is 0.0344 e. The third kappa shape index (κ3) is 17900. The Hall–Kier alpha value is 0.469. The molecule has 108 valence electrons. The van der Waals surface area contributed by atoms with E-state index >= 15 is 0 Å². The van der Waals surface area contributed by atoms with Crippen LogP contribution in [0.5, 0.6) is 0 Å². The van der Waals surface area contributed by atoms with Gasteiger partial charge >= 0.3 is 71.3 Å². The first kappa shape index (κ1) is 36.3. The maximum absolute atomic E-state index is 8.47. The van der Waals surface area contributed by atoms with Gasteiger partial charge in [-0.05, 0) is 0 Å². The van der Waals surface area contributed by atoms with E-state index in [9.17, 15) is 0 Å². The first-order valence-electron chi connectivity index (χ1n) is 2.85. The summed E-state index contributed by atoms with van der Waals surface area (Å²) in [6, 6.07) is 0. The summed E-state index contributed by atoms with van der Waals surface area (Å²) in [6.45, 7) is 0. The fraction of sp³-hybridized carbons (Fsp3) is 0. The average molecular weight is 414 g/mol. The van der Waals surface area contributed by atoms with Gasteiger partial charge in [-0.3, -0.25) is 0 Å². The van der Waals surface area contributed by atoms with Gasteiger partial charge in [-0.1, -0.05) is 0 Å². The van der Waals surface area contributed by atoms with Crippen molar-refractivity contribution in [3.05, 3.63) is 22.9 Å². The van der Waals surface area contributed by atoms with Gasteiger partial charge in [0.15, 0.2) is 0 Å². The first-order chi connectivity index (χ1) is 8.49. The monoisotopic (exact) mass is 412 g/mol. The maximum Gasteiger partial charge on any atom is 0.0344 e. The number of halogens is 4. The molecule has 0 unspecified atom stereocenters. The SMILES string of the molecule is [Cl][Ti][Cl].[Cl][Ti][Cl].[NH-]C=O.[NH-]C=O.[NH-]C=O.[NH-]C=O. The quantitative estimate of drug-likeness (QED) is 0.438. The Balaban J connectivity index is -0.0000000240. The molecule has 0 fully saturated rings. The molecular weight excluding hydrogens is 406 g/mol. The van der Waals surface area contributed by atoms with E-state index in [1.54, 1.807) is 0 Å². The van der Waals surface area contributed by atoms with Gasteiger partial charge in [-0.2, -0.15) is 0 Å². The molecule has 0 aromatic rings. The normalized spacial score (nSPS) is 4.22. The molecule has 0 heterocycles. The van der Waals surface area contributed by atoms with Crippen molar-refractivity contribution in [2.24, 2.45) is 0 Å². The van der Waals surface area contributed by atoms with Crippen LogP contribution in [0.15, 0.2) is 0 Å². The molecule has 0 aromatic carbocycles. The molecule has 4 amide bonds. The number of hydrogen-bond acceptors (Lipinski definition) is 4. The summed E-state index contributed by atoms with van der Waals surface area (Å²) >= 11 is -1.11. The molecule has 4 N–H and O–H groups in total. The number of rotatable bonds is 0. The summed E-state index contributed by atoms with van der Waals surface area (Å²) in [5, 5.41) is 0. The van der Waals surface area contributed by atoms with Crippen LogP contribution in [0.4, 0.5) is 0 Å². The van der Waals surface area contributed by atoms with Crippen molar-refractivity contribution in [2.45, 2.75) is 0 Å². The summed E-state index contributed by atoms with van der Waals surface area (Å²) in [7, 11) is 19.6.